The average Bonchev–Trinajstić information content (AvgIpc) is 3.10. The minimum absolute atomic E-state index is 0.235. The smallest absolute Gasteiger partial charge is 0.257 e. The second-order valence-corrected chi connectivity index (χ2v) is 10.3. The van der Waals surface area contributed by atoms with Gasteiger partial charge < -0.3 is 4.90 Å². The maximum atomic E-state index is 12.7. The molecule has 1 N–H and O–H groups in total. The molecule has 150 valence electrons. The van der Waals surface area contributed by atoms with Gasteiger partial charge in [0.25, 0.3) is 5.91 Å². The van der Waals surface area contributed by atoms with Crippen molar-refractivity contribution in [2.75, 3.05) is 32.0 Å². The number of hydrogen-bond donors (Lipinski definition) is 1. The summed E-state index contributed by atoms with van der Waals surface area (Å²) in [6.45, 7) is 2.95. The molecule has 0 spiro atoms. The summed E-state index contributed by atoms with van der Waals surface area (Å²) in [4.78, 5) is 20.7. The molecule has 1 saturated heterocycles. The molecule has 0 unspecified atom stereocenters. The van der Waals surface area contributed by atoms with E-state index >= 15 is 0 Å². The number of sulfonamides is 1. The molecule has 0 atom stereocenters. The lowest BCUT2D eigenvalue weighted by molar-refractivity contribution is 0.102. The third-order valence-electron chi connectivity index (χ3n) is 5.21. The predicted octanol–water partition coefficient (Wildman–Crippen LogP) is 2.56. The van der Waals surface area contributed by atoms with E-state index in [-0.39, 0.29) is 10.8 Å². The van der Waals surface area contributed by atoms with Crippen LogP contribution in [0.1, 0.15) is 40.2 Å². The number of carbonyl (C=O) groups is 1. The number of carbonyl (C=O) groups excluding carboxylic acids is 1. The minimum Gasteiger partial charge on any atom is -0.301 e. The van der Waals surface area contributed by atoms with Gasteiger partial charge in [0.2, 0.25) is 10.0 Å². The fourth-order valence-electron chi connectivity index (χ4n) is 3.58. The van der Waals surface area contributed by atoms with Gasteiger partial charge in [-0.25, -0.2) is 13.4 Å². The van der Waals surface area contributed by atoms with Crippen molar-refractivity contribution >= 4 is 32.4 Å². The van der Waals surface area contributed by atoms with Crippen molar-refractivity contribution in [1.82, 2.24) is 14.2 Å². The molecule has 7 nitrogen and oxygen atoms in total. The third-order valence-corrected chi connectivity index (χ3v) is 8.12. The van der Waals surface area contributed by atoms with Gasteiger partial charge in [0, 0.05) is 43.0 Å². The summed E-state index contributed by atoms with van der Waals surface area (Å²) >= 11 is 1.50. The summed E-state index contributed by atoms with van der Waals surface area (Å²) in [5.74, 6) is -0.277. The summed E-state index contributed by atoms with van der Waals surface area (Å²) in [7, 11) is -1.41. The SMILES string of the molecule is CN1CCc2nc(NC(=O)c3ccc(S(=O)(=O)N4CCCCC4)cc3)sc2C1. The highest BCUT2D eigenvalue weighted by Gasteiger charge is 2.26. The van der Waals surface area contributed by atoms with Gasteiger partial charge in [0.15, 0.2) is 5.13 Å². The number of benzene rings is 1. The van der Waals surface area contributed by atoms with E-state index in [9.17, 15) is 13.2 Å². The molecule has 1 fully saturated rings. The van der Waals surface area contributed by atoms with Crippen molar-refractivity contribution in [1.29, 1.82) is 0 Å². The van der Waals surface area contributed by atoms with Crippen LogP contribution in [0.2, 0.25) is 0 Å². The van der Waals surface area contributed by atoms with Crippen molar-refractivity contribution in [3.05, 3.63) is 40.4 Å². The third kappa shape index (κ3) is 3.98. The number of likely N-dealkylation sites (N-methyl/N-ethyl adjacent to an activating group) is 1. The van der Waals surface area contributed by atoms with E-state index in [1.807, 2.05) is 0 Å². The zero-order valence-electron chi connectivity index (χ0n) is 15.8. The van der Waals surface area contributed by atoms with Gasteiger partial charge in [-0.1, -0.05) is 6.42 Å². The average molecular weight is 421 g/mol. The summed E-state index contributed by atoms with van der Waals surface area (Å²) in [6.07, 6.45) is 3.75. The zero-order valence-corrected chi connectivity index (χ0v) is 17.5. The van der Waals surface area contributed by atoms with E-state index in [0.29, 0.717) is 23.8 Å². The van der Waals surface area contributed by atoms with Crippen LogP contribution in [0.15, 0.2) is 29.2 Å². The molecule has 9 heteroatoms. The molecule has 0 saturated carbocycles. The number of thiazole rings is 1. The number of anilines is 1. The lowest BCUT2D eigenvalue weighted by atomic mass is 10.2. The fraction of sp³-hybridized carbons (Fsp3) is 0.474. The number of rotatable bonds is 4. The van der Waals surface area contributed by atoms with Crippen molar-refractivity contribution in [2.45, 2.75) is 37.1 Å². The molecule has 1 amide bonds. The van der Waals surface area contributed by atoms with Crippen LogP contribution in [0.3, 0.4) is 0 Å². The number of hydrogen-bond acceptors (Lipinski definition) is 6. The first-order valence-electron chi connectivity index (χ1n) is 9.52. The molecule has 4 rings (SSSR count). The number of nitrogens with one attached hydrogen (secondary N) is 1. The quantitative estimate of drug-likeness (QED) is 0.822. The Labute approximate surface area is 169 Å². The standard InChI is InChI=1S/C19H24N4O3S2/c1-22-12-9-16-17(13-22)27-19(20-16)21-18(24)14-5-7-15(8-6-14)28(25,26)23-10-3-2-4-11-23/h5-8H,2-4,9-13H2,1H3,(H,20,21,24). The number of aromatic nitrogens is 1. The highest BCUT2D eigenvalue weighted by Crippen LogP contribution is 2.28. The Bertz CT molecular complexity index is 964. The van der Waals surface area contributed by atoms with Gasteiger partial charge in [-0.05, 0) is 44.2 Å². The van der Waals surface area contributed by atoms with Gasteiger partial charge in [0.1, 0.15) is 0 Å². The van der Waals surface area contributed by atoms with Crippen LogP contribution in [0.25, 0.3) is 0 Å². The first-order chi connectivity index (χ1) is 13.4. The molecule has 0 radical (unpaired) electrons. The van der Waals surface area contributed by atoms with E-state index < -0.39 is 10.0 Å². The highest BCUT2D eigenvalue weighted by molar-refractivity contribution is 7.89. The molecule has 2 aromatic rings. The Hall–Kier alpha value is -1.81. The molecule has 28 heavy (non-hydrogen) atoms. The van der Waals surface area contributed by atoms with E-state index in [2.05, 4.69) is 22.2 Å². The van der Waals surface area contributed by atoms with Crippen LogP contribution < -0.4 is 5.32 Å². The lowest BCUT2D eigenvalue weighted by Gasteiger charge is -2.25. The predicted molar refractivity (Wildman–Crippen MR) is 109 cm³/mol. The van der Waals surface area contributed by atoms with Gasteiger partial charge in [0.05, 0.1) is 10.6 Å². The number of fused-ring (bicyclic) bond motifs is 1. The molecular formula is C19H24N4O3S2. The Morgan fingerprint density at radius 3 is 2.54 bits per heavy atom. The van der Waals surface area contributed by atoms with Crippen LogP contribution in [-0.4, -0.2) is 55.2 Å². The molecule has 0 aliphatic carbocycles. The minimum atomic E-state index is -3.48. The van der Waals surface area contributed by atoms with Crippen LogP contribution in [-0.2, 0) is 23.0 Å². The molecule has 1 aromatic heterocycles. The molecule has 1 aromatic carbocycles. The molecule has 2 aliphatic heterocycles. The van der Waals surface area contributed by atoms with E-state index in [0.717, 1.165) is 44.5 Å². The monoisotopic (exact) mass is 420 g/mol. The van der Waals surface area contributed by atoms with Crippen molar-refractivity contribution in [3.8, 4) is 0 Å². The van der Waals surface area contributed by atoms with Crippen molar-refractivity contribution < 1.29 is 13.2 Å². The number of piperidine rings is 1. The molecule has 0 bridgehead atoms. The molecular weight excluding hydrogens is 396 g/mol. The highest BCUT2D eigenvalue weighted by atomic mass is 32.2. The summed E-state index contributed by atoms with van der Waals surface area (Å²) in [5.41, 5.74) is 1.48. The first kappa shape index (κ1) is 19.5. The summed E-state index contributed by atoms with van der Waals surface area (Å²) < 4.78 is 27.0. The Kier molecular flexibility index (Phi) is 5.50. The second kappa shape index (κ2) is 7.90. The van der Waals surface area contributed by atoms with Crippen LogP contribution in [0, 0.1) is 0 Å². The van der Waals surface area contributed by atoms with Crippen LogP contribution in [0.4, 0.5) is 5.13 Å². The van der Waals surface area contributed by atoms with E-state index in [1.54, 1.807) is 12.1 Å². The summed E-state index contributed by atoms with van der Waals surface area (Å²) in [6, 6.07) is 6.16. The number of nitrogens with zero attached hydrogens (tertiary/aromatic N) is 3. The largest absolute Gasteiger partial charge is 0.301 e. The van der Waals surface area contributed by atoms with Gasteiger partial charge >= 0.3 is 0 Å². The second-order valence-electron chi connectivity index (χ2n) is 7.32. The molecule has 3 heterocycles. The van der Waals surface area contributed by atoms with Crippen molar-refractivity contribution in [2.24, 2.45) is 0 Å². The fourth-order valence-corrected chi connectivity index (χ4v) is 6.18. The Morgan fingerprint density at radius 1 is 1.11 bits per heavy atom. The zero-order chi connectivity index (χ0) is 19.7. The number of amides is 1. The Balaban J connectivity index is 1.46. The normalized spacial score (nSPS) is 18.6. The van der Waals surface area contributed by atoms with Crippen molar-refractivity contribution in [3.63, 3.8) is 0 Å². The first-order valence-corrected chi connectivity index (χ1v) is 11.8. The van der Waals surface area contributed by atoms with Gasteiger partial charge in [-0.2, -0.15) is 4.31 Å². The lowest BCUT2D eigenvalue weighted by Crippen LogP contribution is -2.35. The molecule has 2 aliphatic rings. The maximum Gasteiger partial charge on any atom is 0.257 e. The van der Waals surface area contributed by atoms with Gasteiger partial charge in [-0.3, -0.25) is 10.1 Å². The van der Waals surface area contributed by atoms with Gasteiger partial charge in [-0.15, -0.1) is 11.3 Å². The maximum absolute atomic E-state index is 12.7. The Morgan fingerprint density at radius 2 is 1.82 bits per heavy atom. The summed E-state index contributed by atoms with van der Waals surface area (Å²) in [5, 5.41) is 3.43. The van der Waals surface area contributed by atoms with Crippen LogP contribution >= 0.6 is 11.3 Å². The topological polar surface area (TPSA) is 82.6 Å². The van der Waals surface area contributed by atoms with Crippen LogP contribution in [0.5, 0.6) is 0 Å². The van der Waals surface area contributed by atoms with E-state index in [1.165, 1.54) is 32.7 Å². The van der Waals surface area contributed by atoms with E-state index in [4.69, 9.17) is 0 Å².